The van der Waals surface area contributed by atoms with E-state index in [0.717, 1.165) is 22.8 Å². The third-order valence-electron chi connectivity index (χ3n) is 3.14. The number of rotatable bonds is 4. The maximum atomic E-state index is 5.90. The number of nitrogens with two attached hydrogens (primary N) is 1. The Kier molecular flexibility index (Phi) is 2.95. The number of nitrogens with zero attached hydrogens (tertiary/aromatic N) is 4. The van der Waals surface area contributed by atoms with Crippen LogP contribution in [0.25, 0.3) is 0 Å². The highest BCUT2D eigenvalue weighted by Gasteiger charge is 2.27. The van der Waals surface area contributed by atoms with Crippen LogP contribution in [0.3, 0.4) is 0 Å². The summed E-state index contributed by atoms with van der Waals surface area (Å²) in [6, 6.07) is 6.52. The van der Waals surface area contributed by atoms with E-state index in [1.54, 1.807) is 11.8 Å². The lowest BCUT2D eigenvalue weighted by atomic mass is 10.2. The number of aromatic nitrogens is 4. The molecule has 0 radical (unpaired) electrons. The molecule has 1 aromatic heterocycles. The number of benzene rings is 1. The zero-order valence-electron chi connectivity index (χ0n) is 10.2. The Morgan fingerprint density at radius 1 is 1.44 bits per heavy atom. The molecule has 1 aromatic carbocycles. The molecule has 0 aliphatic heterocycles. The molecule has 1 saturated carbocycles. The van der Waals surface area contributed by atoms with E-state index in [0.29, 0.717) is 6.04 Å². The fourth-order valence-electron chi connectivity index (χ4n) is 1.84. The largest absolute Gasteiger partial charge is 0.398 e. The van der Waals surface area contributed by atoms with Crippen LogP contribution in [-0.2, 0) is 5.75 Å². The van der Waals surface area contributed by atoms with Crippen LogP contribution in [0.15, 0.2) is 23.1 Å². The first-order chi connectivity index (χ1) is 8.75. The monoisotopic (exact) mass is 261 g/mol. The van der Waals surface area contributed by atoms with Crippen LogP contribution in [-0.4, -0.2) is 20.2 Å². The summed E-state index contributed by atoms with van der Waals surface area (Å²) >= 11 is 1.73. The van der Waals surface area contributed by atoms with Crippen LogP contribution < -0.4 is 5.73 Å². The first-order valence-electron chi connectivity index (χ1n) is 6.00. The van der Waals surface area contributed by atoms with Gasteiger partial charge in [-0.3, -0.25) is 0 Å². The molecule has 0 saturated heterocycles. The van der Waals surface area contributed by atoms with Crippen LogP contribution in [0.5, 0.6) is 0 Å². The van der Waals surface area contributed by atoms with Crippen LogP contribution in [0.4, 0.5) is 5.69 Å². The van der Waals surface area contributed by atoms with Gasteiger partial charge in [-0.1, -0.05) is 6.07 Å². The van der Waals surface area contributed by atoms with E-state index in [4.69, 9.17) is 5.73 Å². The molecule has 1 aliphatic carbocycles. The van der Waals surface area contributed by atoms with Gasteiger partial charge in [-0.15, -0.1) is 16.9 Å². The predicted octanol–water partition coefficient (Wildman–Crippen LogP) is 2.19. The van der Waals surface area contributed by atoms with E-state index in [-0.39, 0.29) is 0 Å². The van der Waals surface area contributed by atoms with Crippen LogP contribution >= 0.6 is 11.8 Å². The summed E-state index contributed by atoms with van der Waals surface area (Å²) in [7, 11) is 0. The highest BCUT2D eigenvalue weighted by atomic mass is 32.2. The molecule has 0 amide bonds. The van der Waals surface area contributed by atoms with Gasteiger partial charge in [-0.25, -0.2) is 4.68 Å². The lowest BCUT2D eigenvalue weighted by Gasteiger charge is -2.07. The van der Waals surface area contributed by atoms with E-state index in [9.17, 15) is 0 Å². The first-order valence-corrected chi connectivity index (χ1v) is 6.99. The van der Waals surface area contributed by atoms with Crippen LogP contribution in [0, 0.1) is 6.92 Å². The molecular formula is C12H15N5S. The first kappa shape index (κ1) is 11.5. The second-order valence-corrected chi connectivity index (χ2v) is 5.55. The highest BCUT2D eigenvalue weighted by Crippen LogP contribution is 2.36. The van der Waals surface area contributed by atoms with E-state index in [2.05, 4.69) is 21.6 Å². The van der Waals surface area contributed by atoms with E-state index in [1.807, 2.05) is 23.7 Å². The number of nitrogen functional groups attached to an aromatic ring is 1. The average molecular weight is 261 g/mol. The molecule has 1 heterocycles. The molecule has 18 heavy (non-hydrogen) atoms. The smallest absolute Gasteiger partial charge is 0.161 e. The molecule has 1 aliphatic rings. The summed E-state index contributed by atoms with van der Waals surface area (Å²) in [6.45, 7) is 2.04. The molecule has 2 N–H and O–H groups in total. The van der Waals surface area contributed by atoms with Gasteiger partial charge in [-0.2, -0.15) is 0 Å². The van der Waals surface area contributed by atoms with Crippen molar-refractivity contribution >= 4 is 17.4 Å². The molecule has 0 atom stereocenters. The Hall–Kier alpha value is -1.56. The van der Waals surface area contributed by atoms with Gasteiger partial charge in [0.25, 0.3) is 0 Å². The Morgan fingerprint density at radius 3 is 3.06 bits per heavy atom. The Bertz CT molecular complexity index is 561. The minimum Gasteiger partial charge on any atom is -0.398 e. The van der Waals surface area contributed by atoms with Crippen molar-refractivity contribution in [3.63, 3.8) is 0 Å². The molecular weight excluding hydrogens is 246 g/mol. The average Bonchev–Trinajstić information content (AvgIpc) is 3.11. The number of hydrogen-bond acceptors (Lipinski definition) is 5. The lowest BCUT2D eigenvalue weighted by molar-refractivity contribution is 0.593. The standard InChI is InChI=1S/C12H15N5S/c1-8-10(13)3-2-4-11(8)18-7-12-14-15-16-17(12)9-5-6-9/h2-4,9H,5-7,13H2,1H3. The van der Waals surface area contributed by atoms with Crippen molar-refractivity contribution in [2.45, 2.75) is 36.5 Å². The van der Waals surface area contributed by atoms with E-state index >= 15 is 0 Å². The zero-order valence-corrected chi connectivity index (χ0v) is 11.0. The van der Waals surface area contributed by atoms with Gasteiger partial charge in [-0.05, 0) is 47.9 Å². The van der Waals surface area contributed by atoms with Crippen LogP contribution in [0.2, 0.25) is 0 Å². The lowest BCUT2D eigenvalue weighted by Crippen LogP contribution is -2.02. The van der Waals surface area contributed by atoms with Crippen molar-refractivity contribution in [1.29, 1.82) is 0 Å². The third-order valence-corrected chi connectivity index (χ3v) is 4.29. The van der Waals surface area contributed by atoms with Crippen molar-refractivity contribution in [2.75, 3.05) is 5.73 Å². The Balaban J connectivity index is 1.74. The molecule has 94 valence electrons. The van der Waals surface area contributed by atoms with Gasteiger partial charge in [0.2, 0.25) is 0 Å². The second kappa shape index (κ2) is 4.61. The summed E-state index contributed by atoms with van der Waals surface area (Å²) in [6.07, 6.45) is 2.39. The van der Waals surface area contributed by atoms with Crippen molar-refractivity contribution in [1.82, 2.24) is 20.2 Å². The molecule has 0 unspecified atom stereocenters. The topological polar surface area (TPSA) is 69.6 Å². The minimum atomic E-state index is 0.525. The molecule has 1 fully saturated rings. The maximum Gasteiger partial charge on any atom is 0.161 e. The fraction of sp³-hybridized carbons (Fsp3) is 0.417. The Labute approximate surface area is 110 Å². The number of thioether (sulfide) groups is 1. The van der Waals surface area contributed by atoms with E-state index in [1.165, 1.54) is 17.7 Å². The van der Waals surface area contributed by atoms with Gasteiger partial charge < -0.3 is 5.73 Å². The highest BCUT2D eigenvalue weighted by molar-refractivity contribution is 7.98. The van der Waals surface area contributed by atoms with Gasteiger partial charge in [0.15, 0.2) is 5.82 Å². The van der Waals surface area contributed by atoms with Gasteiger partial charge in [0.05, 0.1) is 11.8 Å². The van der Waals surface area contributed by atoms with E-state index < -0.39 is 0 Å². The van der Waals surface area contributed by atoms with Gasteiger partial charge in [0, 0.05) is 10.6 Å². The summed E-state index contributed by atoms with van der Waals surface area (Å²) in [5.74, 6) is 1.73. The van der Waals surface area contributed by atoms with Crippen molar-refractivity contribution in [3.05, 3.63) is 29.6 Å². The van der Waals surface area contributed by atoms with Gasteiger partial charge in [0.1, 0.15) is 0 Å². The van der Waals surface area contributed by atoms with Gasteiger partial charge >= 0.3 is 0 Å². The number of anilines is 1. The molecule has 3 rings (SSSR count). The zero-order chi connectivity index (χ0) is 12.5. The van der Waals surface area contributed by atoms with Crippen molar-refractivity contribution in [2.24, 2.45) is 0 Å². The third kappa shape index (κ3) is 2.20. The molecule has 5 nitrogen and oxygen atoms in total. The SMILES string of the molecule is Cc1c(N)cccc1SCc1nnnn1C1CC1. The molecule has 0 spiro atoms. The minimum absolute atomic E-state index is 0.525. The molecule has 0 bridgehead atoms. The normalized spacial score (nSPS) is 14.9. The van der Waals surface area contributed by atoms with Crippen LogP contribution in [0.1, 0.15) is 30.3 Å². The predicted molar refractivity (Wildman–Crippen MR) is 71.2 cm³/mol. The maximum absolute atomic E-state index is 5.90. The summed E-state index contributed by atoms with van der Waals surface area (Å²) < 4.78 is 1.95. The summed E-state index contributed by atoms with van der Waals surface area (Å²) in [5.41, 5.74) is 7.87. The van der Waals surface area contributed by atoms with Crippen molar-refractivity contribution in [3.8, 4) is 0 Å². The number of tetrazole rings is 1. The Morgan fingerprint density at radius 2 is 2.28 bits per heavy atom. The fourth-order valence-corrected chi connectivity index (χ4v) is 2.82. The quantitative estimate of drug-likeness (QED) is 0.675. The summed E-state index contributed by atoms with van der Waals surface area (Å²) in [4.78, 5) is 1.19. The molecule has 2 aromatic rings. The van der Waals surface area contributed by atoms with Crippen molar-refractivity contribution < 1.29 is 0 Å². The molecule has 6 heteroatoms. The summed E-state index contributed by atoms with van der Waals surface area (Å²) in [5, 5.41) is 11.9. The number of hydrogen-bond donors (Lipinski definition) is 1. The second-order valence-electron chi connectivity index (χ2n) is 4.53.